The van der Waals surface area contributed by atoms with Gasteiger partial charge in [0.1, 0.15) is 6.33 Å². The smallest absolute Gasteiger partial charge is 0.278 e. The van der Waals surface area contributed by atoms with Gasteiger partial charge in [-0.2, -0.15) is 4.98 Å². The van der Waals surface area contributed by atoms with E-state index in [1.54, 1.807) is 42.6 Å². The van der Waals surface area contributed by atoms with Crippen molar-refractivity contribution in [3.05, 3.63) is 71.9 Å². The zero-order chi connectivity index (χ0) is 21.5. The Morgan fingerprint density at radius 2 is 2.07 bits per heavy atom. The van der Waals surface area contributed by atoms with Crippen molar-refractivity contribution in [1.82, 2.24) is 24.6 Å². The monoisotopic (exact) mass is 424 g/mol. The molecular weight excluding hydrogens is 404 g/mol. The number of rotatable bonds is 6. The maximum absolute atomic E-state index is 12.9. The Morgan fingerprint density at radius 1 is 1.33 bits per heavy atom. The second-order valence-electron chi connectivity index (χ2n) is 7.27. The molecule has 0 radical (unpaired) electrons. The first-order chi connectivity index (χ1) is 14.4. The van der Waals surface area contributed by atoms with Gasteiger partial charge in [0.25, 0.3) is 11.8 Å². The van der Waals surface area contributed by atoms with Crippen molar-refractivity contribution >= 4 is 17.5 Å². The number of hydrogen-bond acceptors (Lipinski definition) is 6. The first-order valence-electron chi connectivity index (χ1n) is 9.35. The summed E-state index contributed by atoms with van der Waals surface area (Å²) in [4.78, 5) is 23.5. The van der Waals surface area contributed by atoms with Crippen molar-refractivity contribution in [2.75, 3.05) is 7.05 Å². The van der Waals surface area contributed by atoms with E-state index in [4.69, 9.17) is 21.9 Å². The highest BCUT2D eigenvalue weighted by atomic mass is 35.5. The Labute approximate surface area is 178 Å². The maximum Gasteiger partial charge on any atom is 0.278 e. The molecule has 1 aliphatic rings. The molecule has 0 aliphatic carbocycles. The van der Waals surface area contributed by atoms with E-state index in [1.807, 2.05) is 10.6 Å². The summed E-state index contributed by atoms with van der Waals surface area (Å²) in [6.07, 6.45) is 5.97. The minimum atomic E-state index is -0.866. The topological polar surface area (TPSA) is 103 Å². The van der Waals surface area contributed by atoms with E-state index in [0.29, 0.717) is 47.2 Å². The summed E-state index contributed by atoms with van der Waals surface area (Å²) in [5.41, 5.74) is 7.90. The molecule has 9 heteroatoms. The minimum Gasteiger partial charge on any atom is -0.336 e. The fourth-order valence-electron chi connectivity index (χ4n) is 3.63. The lowest BCUT2D eigenvalue weighted by Gasteiger charge is -2.22. The lowest BCUT2D eigenvalue weighted by Crippen LogP contribution is -2.36. The second-order valence-corrected chi connectivity index (χ2v) is 7.68. The molecule has 0 atom stereocenters. The number of fused-ring (bicyclic) bond motifs is 3. The van der Waals surface area contributed by atoms with Crippen LogP contribution in [0.25, 0.3) is 17.3 Å². The molecule has 154 valence electrons. The third kappa shape index (κ3) is 3.14. The lowest BCUT2D eigenvalue weighted by molar-refractivity contribution is 0.0788. The Kier molecular flexibility index (Phi) is 5.05. The molecule has 30 heavy (non-hydrogen) atoms. The minimum absolute atomic E-state index is 0.172. The van der Waals surface area contributed by atoms with Crippen LogP contribution in [0.2, 0.25) is 5.02 Å². The van der Waals surface area contributed by atoms with Gasteiger partial charge in [-0.05, 0) is 25.0 Å². The van der Waals surface area contributed by atoms with Crippen LogP contribution in [0.15, 0.2) is 54.4 Å². The van der Waals surface area contributed by atoms with Gasteiger partial charge in [0.05, 0.1) is 34.1 Å². The number of benzene rings is 1. The van der Waals surface area contributed by atoms with Crippen LogP contribution in [-0.4, -0.2) is 37.5 Å². The molecule has 8 nitrogen and oxygen atoms in total. The molecule has 1 amide bonds. The highest BCUT2D eigenvalue weighted by Gasteiger charge is 2.33. The van der Waals surface area contributed by atoms with E-state index in [0.717, 1.165) is 5.69 Å². The fraction of sp³-hybridized carbons (Fsp3) is 0.238. The number of carbonyl (C=O) groups excluding carboxylic acids is 1. The third-order valence-electron chi connectivity index (χ3n) is 5.16. The predicted molar refractivity (Wildman–Crippen MR) is 113 cm³/mol. The van der Waals surface area contributed by atoms with Gasteiger partial charge >= 0.3 is 0 Å². The fourth-order valence-corrected chi connectivity index (χ4v) is 3.88. The van der Waals surface area contributed by atoms with Crippen molar-refractivity contribution < 1.29 is 9.32 Å². The molecule has 2 N–H and O–H groups in total. The molecule has 3 aromatic rings. The largest absolute Gasteiger partial charge is 0.336 e. The molecule has 0 spiro atoms. The third-order valence-corrected chi connectivity index (χ3v) is 5.47. The summed E-state index contributed by atoms with van der Waals surface area (Å²) in [5, 5.41) is 4.47. The van der Waals surface area contributed by atoms with E-state index in [9.17, 15) is 4.79 Å². The Hall–Kier alpha value is -3.23. The quantitative estimate of drug-likeness (QED) is 0.608. The first-order valence-corrected chi connectivity index (χ1v) is 9.73. The van der Waals surface area contributed by atoms with E-state index in [2.05, 4.69) is 28.3 Å². The lowest BCUT2D eigenvalue weighted by atomic mass is 9.91. The molecule has 0 saturated carbocycles. The molecule has 0 saturated heterocycles. The molecular formula is C21H21ClN6O2. The summed E-state index contributed by atoms with van der Waals surface area (Å²) in [6.45, 7) is 7.81. The summed E-state index contributed by atoms with van der Waals surface area (Å²) >= 11 is 6.33. The van der Waals surface area contributed by atoms with Gasteiger partial charge in [-0.15, -0.1) is 13.2 Å². The van der Waals surface area contributed by atoms with Crippen LogP contribution in [0.1, 0.15) is 34.7 Å². The van der Waals surface area contributed by atoms with Crippen LogP contribution in [0.5, 0.6) is 0 Å². The Bertz CT molecular complexity index is 1140. The number of amides is 1. The van der Waals surface area contributed by atoms with Crippen LogP contribution in [0, 0.1) is 0 Å². The number of hydrogen-bond donors (Lipinski definition) is 1. The summed E-state index contributed by atoms with van der Waals surface area (Å²) < 4.78 is 7.34. The number of nitrogens with two attached hydrogens (primary N) is 1. The predicted octanol–water partition coefficient (Wildman–Crippen LogP) is 3.47. The SMILES string of the molecule is C=CCC(N)(CC=C)c1noc(-c2ncn3c2CN(C)C(=O)c2c(Cl)cccc2-3)n1. The highest BCUT2D eigenvalue weighted by Crippen LogP contribution is 2.34. The van der Waals surface area contributed by atoms with Crippen molar-refractivity contribution in [2.45, 2.75) is 24.9 Å². The van der Waals surface area contributed by atoms with E-state index in [1.165, 1.54) is 0 Å². The van der Waals surface area contributed by atoms with Crippen LogP contribution >= 0.6 is 11.6 Å². The average Bonchev–Trinajstić information content (AvgIpc) is 3.33. The van der Waals surface area contributed by atoms with Gasteiger partial charge in [-0.25, -0.2) is 4.98 Å². The zero-order valence-corrected chi connectivity index (χ0v) is 17.3. The van der Waals surface area contributed by atoms with Crippen LogP contribution in [0.3, 0.4) is 0 Å². The van der Waals surface area contributed by atoms with Crippen molar-refractivity contribution in [3.63, 3.8) is 0 Å². The molecule has 0 unspecified atom stereocenters. The summed E-state index contributed by atoms with van der Waals surface area (Å²) in [7, 11) is 1.71. The van der Waals surface area contributed by atoms with Crippen molar-refractivity contribution in [3.8, 4) is 17.3 Å². The number of nitrogens with zero attached hydrogens (tertiary/aromatic N) is 5. The standard InChI is InChI=1S/C21H21ClN6O2/c1-4-9-21(23,10-5-2)20-25-18(30-26-20)17-15-11-27(3)19(29)16-13(22)7-6-8-14(16)28(15)12-24-17/h4-8,12H,1-2,9-11,23H2,3H3. The Morgan fingerprint density at radius 3 is 2.77 bits per heavy atom. The normalized spacial score (nSPS) is 13.6. The van der Waals surface area contributed by atoms with E-state index < -0.39 is 5.54 Å². The number of carbonyl (C=O) groups is 1. The number of aromatic nitrogens is 4. The average molecular weight is 425 g/mol. The highest BCUT2D eigenvalue weighted by molar-refractivity contribution is 6.34. The van der Waals surface area contributed by atoms with Crippen molar-refractivity contribution in [1.29, 1.82) is 0 Å². The van der Waals surface area contributed by atoms with Gasteiger partial charge in [-0.3, -0.25) is 9.36 Å². The molecule has 0 fully saturated rings. The zero-order valence-electron chi connectivity index (χ0n) is 16.5. The van der Waals surface area contributed by atoms with E-state index >= 15 is 0 Å². The van der Waals surface area contributed by atoms with Gasteiger partial charge in [0.2, 0.25) is 0 Å². The van der Waals surface area contributed by atoms with E-state index in [-0.39, 0.29) is 11.8 Å². The van der Waals surface area contributed by atoms with Gasteiger partial charge in [-0.1, -0.05) is 35.0 Å². The van der Waals surface area contributed by atoms with Gasteiger partial charge < -0.3 is 15.2 Å². The molecule has 2 aromatic heterocycles. The van der Waals surface area contributed by atoms with Gasteiger partial charge in [0.15, 0.2) is 11.5 Å². The number of halogens is 1. The van der Waals surface area contributed by atoms with Crippen LogP contribution in [0.4, 0.5) is 0 Å². The molecule has 4 rings (SSSR count). The first kappa shape index (κ1) is 20.1. The van der Waals surface area contributed by atoms with Crippen LogP contribution < -0.4 is 5.73 Å². The Balaban J connectivity index is 1.83. The molecule has 1 aliphatic heterocycles. The molecule has 0 bridgehead atoms. The molecule has 3 heterocycles. The summed E-state index contributed by atoms with van der Waals surface area (Å²) in [5.74, 6) is 0.406. The second kappa shape index (κ2) is 7.55. The molecule has 1 aromatic carbocycles. The van der Waals surface area contributed by atoms with Crippen molar-refractivity contribution in [2.24, 2.45) is 5.73 Å². The summed E-state index contributed by atoms with van der Waals surface area (Å²) in [6, 6.07) is 5.31. The number of imidazole rings is 1. The maximum atomic E-state index is 12.9. The van der Waals surface area contributed by atoms with Gasteiger partial charge in [0, 0.05) is 7.05 Å². The van der Waals surface area contributed by atoms with Crippen LogP contribution in [-0.2, 0) is 12.1 Å².